The highest BCUT2D eigenvalue weighted by molar-refractivity contribution is 6.10. The molecule has 0 saturated carbocycles. The molecule has 24 nitrogen and oxygen atoms in total. The third-order valence-electron chi connectivity index (χ3n) is 13.8. The minimum absolute atomic E-state index is 0.0208. The quantitative estimate of drug-likeness (QED) is 0.0147. The number of hydrazine groups is 1. The van der Waals surface area contributed by atoms with Crippen LogP contribution in [0.4, 0.5) is 15.3 Å². The molecule has 77 heavy (non-hydrogen) atoms. The van der Waals surface area contributed by atoms with Crippen molar-refractivity contribution < 1.29 is 67.5 Å². The second-order valence-corrected chi connectivity index (χ2v) is 20.7. The average molecular weight is 1080 g/mol. The van der Waals surface area contributed by atoms with E-state index in [1.54, 1.807) is 51.1 Å². The highest BCUT2D eigenvalue weighted by atomic mass is 16.6. The number of ketones is 1. The second kappa shape index (κ2) is 30.0. The van der Waals surface area contributed by atoms with Crippen LogP contribution >= 0.6 is 0 Å². The van der Waals surface area contributed by atoms with Gasteiger partial charge in [-0.25, -0.2) is 15.0 Å². The van der Waals surface area contributed by atoms with Crippen LogP contribution in [-0.4, -0.2) is 143 Å². The lowest BCUT2D eigenvalue weighted by atomic mass is 9.87. The summed E-state index contributed by atoms with van der Waals surface area (Å²) in [5.74, 6) is -3.93. The fraction of sp³-hybridized carbons (Fsp3) is 0.623. The Bertz CT molecular complexity index is 2290. The minimum Gasteiger partial charge on any atom is -0.443 e. The first-order valence-electron chi connectivity index (χ1n) is 26.3. The van der Waals surface area contributed by atoms with Crippen LogP contribution in [0.3, 0.4) is 0 Å². The number of urea groups is 1. The number of epoxide rings is 1. The zero-order valence-corrected chi connectivity index (χ0v) is 45.3. The van der Waals surface area contributed by atoms with E-state index < -0.39 is 95.1 Å². The molecule has 0 aliphatic carbocycles. The molecule has 1 aromatic rings. The number of nitrogens with one attached hydrogen (secondary N) is 7. The van der Waals surface area contributed by atoms with E-state index in [-0.39, 0.29) is 75.3 Å². The summed E-state index contributed by atoms with van der Waals surface area (Å²) in [7, 11) is 0. The molecule has 4 rings (SSSR count). The van der Waals surface area contributed by atoms with Crippen molar-refractivity contribution >= 4 is 53.1 Å². The number of nitrogens with two attached hydrogens (primary N) is 3. The maximum absolute atomic E-state index is 13.7. The number of hydrogen-bond donors (Lipinski definition) is 12. The minimum atomic E-state index is -1.89. The highest BCUT2D eigenvalue weighted by Crippen LogP contribution is 2.43. The zero-order chi connectivity index (χ0) is 57.0. The second-order valence-electron chi connectivity index (χ2n) is 20.7. The van der Waals surface area contributed by atoms with Crippen molar-refractivity contribution in [1.29, 1.82) is 0 Å². The Balaban J connectivity index is 1.25. The molecule has 8 amide bonds. The first kappa shape index (κ1) is 63.3. The van der Waals surface area contributed by atoms with Crippen LogP contribution in [0, 0.1) is 11.8 Å². The third kappa shape index (κ3) is 20.2. The number of hydrogen-bond acceptors (Lipinski definition) is 16. The van der Waals surface area contributed by atoms with Gasteiger partial charge in [0.25, 0.3) is 0 Å². The maximum atomic E-state index is 13.7. The smallest absolute Gasteiger partial charge is 0.426 e. The molecular formula is C53H82N10O14. The molecule has 3 heterocycles. The lowest BCUT2D eigenvalue weighted by Crippen LogP contribution is -2.63. The van der Waals surface area contributed by atoms with Gasteiger partial charge in [0.05, 0.1) is 43.5 Å². The SMILES string of the molecule is CC(=O)[C@](N)(CCCCN)C(=O)N[C@H](C(=O)N[C@@H](CCCNC(N)=O)C(=O)Nc1ccc(COC(=O)NNC(=O)C[C@@H]2C[C@@]3(CO3)[C@H](O)[C@@H](/C=C/C(C)=C/C[C@@H]3O[C@H](C)[C@H](NC(=O)/C=C\[C@H](C)O)C[C@@H]3C)O2)cc1)C(C)C. The summed E-state index contributed by atoms with van der Waals surface area (Å²) in [6.07, 6.45) is 6.66. The number of amides is 8. The highest BCUT2D eigenvalue weighted by Gasteiger charge is 2.58. The molecule has 12 atom stereocenters. The van der Waals surface area contributed by atoms with Crippen molar-refractivity contribution in [2.45, 2.75) is 179 Å². The maximum Gasteiger partial charge on any atom is 0.426 e. The van der Waals surface area contributed by atoms with E-state index in [1.165, 1.54) is 19.1 Å². The Morgan fingerprint density at radius 1 is 0.948 bits per heavy atom. The lowest BCUT2D eigenvalue weighted by Gasteiger charge is -2.39. The van der Waals surface area contributed by atoms with Crippen LogP contribution in [0.25, 0.3) is 0 Å². The van der Waals surface area contributed by atoms with Crippen molar-refractivity contribution in [3.63, 3.8) is 0 Å². The van der Waals surface area contributed by atoms with Crippen molar-refractivity contribution in [3.8, 4) is 0 Å². The molecule has 15 N–H and O–H groups in total. The first-order valence-corrected chi connectivity index (χ1v) is 26.3. The van der Waals surface area contributed by atoms with Gasteiger partial charge in [0.15, 0.2) is 11.3 Å². The van der Waals surface area contributed by atoms with Crippen LogP contribution in [0.15, 0.2) is 60.2 Å². The molecule has 1 aromatic carbocycles. The number of primary amides is 1. The summed E-state index contributed by atoms with van der Waals surface area (Å²) in [4.78, 5) is 102. The van der Waals surface area contributed by atoms with Gasteiger partial charge in [-0.15, -0.1) is 0 Å². The van der Waals surface area contributed by atoms with Crippen LogP contribution in [-0.2, 0) is 54.3 Å². The number of aliphatic hydroxyl groups excluding tert-OH is 2. The summed E-state index contributed by atoms with van der Waals surface area (Å²) in [6, 6.07) is 2.98. The van der Waals surface area contributed by atoms with E-state index >= 15 is 0 Å². The van der Waals surface area contributed by atoms with Crippen LogP contribution < -0.4 is 54.6 Å². The van der Waals surface area contributed by atoms with E-state index in [9.17, 15) is 48.6 Å². The van der Waals surface area contributed by atoms with Gasteiger partial charge >= 0.3 is 12.1 Å². The van der Waals surface area contributed by atoms with Gasteiger partial charge in [-0.2, -0.15) is 0 Å². The van der Waals surface area contributed by atoms with Crippen molar-refractivity contribution in [2.24, 2.45) is 29.0 Å². The summed E-state index contributed by atoms with van der Waals surface area (Å²) in [6.45, 7) is 12.6. The number of unbranched alkanes of at least 4 members (excludes halogenated alkanes) is 1. The number of rotatable bonds is 27. The average Bonchev–Trinajstić information content (AvgIpc) is 4.16. The predicted molar refractivity (Wildman–Crippen MR) is 284 cm³/mol. The summed E-state index contributed by atoms with van der Waals surface area (Å²) >= 11 is 0. The molecule has 3 saturated heterocycles. The monoisotopic (exact) mass is 1080 g/mol. The predicted octanol–water partition coefficient (Wildman–Crippen LogP) is 1.18. The normalized spacial score (nSPS) is 25.2. The van der Waals surface area contributed by atoms with Gasteiger partial charge in [-0.05, 0) is 109 Å². The number of carbonyl (C=O) groups excluding carboxylic acids is 8. The van der Waals surface area contributed by atoms with Crippen molar-refractivity contribution in [2.75, 3.05) is 25.0 Å². The van der Waals surface area contributed by atoms with Gasteiger partial charge in [0.2, 0.25) is 29.5 Å². The van der Waals surface area contributed by atoms with Crippen LogP contribution in [0.5, 0.6) is 0 Å². The summed E-state index contributed by atoms with van der Waals surface area (Å²) < 4.78 is 23.4. The third-order valence-corrected chi connectivity index (χ3v) is 13.8. The molecule has 24 heteroatoms. The van der Waals surface area contributed by atoms with Gasteiger partial charge in [0, 0.05) is 24.7 Å². The zero-order valence-electron chi connectivity index (χ0n) is 45.3. The standard InChI is InChI=1S/C53H82N10O14/c1-30(2)45(61-49(71)53(56,35(7)65)22-8-9-23-54)48(70)60-39(11-10-24-57-50(55)72)47(69)58-37-17-15-36(16-18-37)28-74-51(73)63-62-44(67)26-38-27-52(29-75-52)46(68)42(77-38)20-13-31(3)12-19-41-32(4)25-40(34(6)76-41)59-43(66)21-14-33(5)64/h12-18,20-21,30,32-34,38-42,45-46,64,68H,8-11,19,22-29,54,56H2,1-7H3,(H,58,69)(H,59,66)(H,60,70)(H,61,71)(H,62,67)(H,63,73)(H3,55,57,72)/b20-13+,21-14-,31-12+/t32-,33-,34+,38+,39-,40+,41-,42+,45-,46+,52+,53+/m0/s1. The lowest BCUT2D eigenvalue weighted by molar-refractivity contribution is -0.145. The Morgan fingerprint density at radius 3 is 2.27 bits per heavy atom. The number of carbonyl (C=O) groups is 8. The van der Waals surface area contributed by atoms with E-state index in [0.717, 1.165) is 12.0 Å². The van der Waals surface area contributed by atoms with E-state index in [4.69, 9.17) is 36.1 Å². The molecule has 0 aromatic heterocycles. The molecule has 428 valence electrons. The number of benzene rings is 1. The molecule has 1 spiro atoms. The Kier molecular flexibility index (Phi) is 24.7. The Morgan fingerprint density at radius 2 is 1.65 bits per heavy atom. The number of Topliss-reactive ketones (excluding diaryl/α,β-unsaturated/α-hetero) is 1. The number of aliphatic hydroxyl groups is 2. The fourth-order valence-electron chi connectivity index (χ4n) is 8.92. The molecule has 3 aliphatic rings. The van der Waals surface area contributed by atoms with E-state index in [1.807, 2.05) is 26.0 Å². The van der Waals surface area contributed by atoms with Gasteiger partial charge in [-0.3, -0.25) is 34.2 Å². The topological polar surface area (TPSA) is 380 Å². The Labute approximate surface area is 450 Å². The van der Waals surface area contributed by atoms with Crippen molar-refractivity contribution in [3.05, 3.63) is 65.8 Å². The van der Waals surface area contributed by atoms with Gasteiger partial charge < -0.3 is 72.9 Å². The van der Waals surface area contributed by atoms with E-state index in [2.05, 4.69) is 44.4 Å². The number of allylic oxidation sites excluding steroid dienone is 2. The molecule has 3 aliphatic heterocycles. The van der Waals surface area contributed by atoms with E-state index in [0.29, 0.717) is 43.7 Å². The van der Waals surface area contributed by atoms with Gasteiger partial charge in [-0.1, -0.05) is 62.8 Å². The first-order chi connectivity index (χ1) is 36.4. The summed E-state index contributed by atoms with van der Waals surface area (Å²) in [5, 5.41) is 34.0. The molecule has 0 unspecified atom stereocenters. The van der Waals surface area contributed by atoms with Crippen molar-refractivity contribution in [1.82, 2.24) is 32.1 Å². The molecular weight excluding hydrogens is 1000 g/mol. The summed E-state index contributed by atoms with van der Waals surface area (Å²) in [5.41, 5.74) is 20.6. The van der Waals surface area contributed by atoms with Gasteiger partial charge in [0.1, 0.15) is 36.5 Å². The molecule has 0 radical (unpaired) electrons. The van der Waals surface area contributed by atoms with Crippen LogP contribution in [0.2, 0.25) is 0 Å². The molecule has 0 bridgehead atoms. The van der Waals surface area contributed by atoms with Crippen LogP contribution in [0.1, 0.15) is 112 Å². The Hall–Kier alpha value is -6.28. The number of anilines is 1. The number of ether oxygens (including phenoxy) is 4. The largest absolute Gasteiger partial charge is 0.443 e. The fourth-order valence-corrected chi connectivity index (χ4v) is 8.92. The molecule has 3 fully saturated rings.